The summed E-state index contributed by atoms with van der Waals surface area (Å²) in [6, 6.07) is 11.5. The van der Waals surface area contributed by atoms with Gasteiger partial charge in [-0.05, 0) is 23.3 Å². The summed E-state index contributed by atoms with van der Waals surface area (Å²) < 4.78 is 0. The number of benzene rings is 1. The van der Waals surface area contributed by atoms with E-state index in [2.05, 4.69) is 15.5 Å². The van der Waals surface area contributed by atoms with Gasteiger partial charge in [-0.1, -0.05) is 24.3 Å². The Bertz CT molecular complexity index is 592. The molecule has 3 N–H and O–H groups in total. The third-order valence-corrected chi connectivity index (χ3v) is 3.02. The van der Waals surface area contributed by atoms with Gasteiger partial charge in [0, 0.05) is 27.2 Å². The molecule has 1 aromatic carbocycles. The molecule has 0 atom stereocenters. The summed E-state index contributed by atoms with van der Waals surface area (Å²) in [6.07, 6.45) is 0. The predicted molar refractivity (Wildman–Crippen MR) is 81.7 cm³/mol. The molecule has 0 bridgehead atoms. The molecule has 6 nitrogen and oxygen atoms in total. The Morgan fingerprint density at radius 3 is 2.29 bits per heavy atom. The van der Waals surface area contributed by atoms with E-state index in [0.717, 1.165) is 11.1 Å². The van der Waals surface area contributed by atoms with Crippen molar-refractivity contribution in [1.82, 2.24) is 15.1 Å². The van der Waals surface area contributed by atoms with Crippen LogP contribution in [0.15, 0.2) is 36.4 Å². The van der Waals surface area contributed by atoms with Crippen molar-refractivity contribution in [3.05, 3.63) is 53.2 Å². The SMILES string of the molecule is CN(C)C(=O)c1ccc(NCc2ccc(CN)cc2)nn1. The maximum atomic E-state index is 11.7. The van der Waals surface area contributed by atoms with E-state index in [4.69, 9.17) is 5.73 Å². The number of carbonyl (C=O) groups excluding carboxylic acids is 1. The largest absolute Gasteiger partial charge is 0.365 e. The van der Waals surface area contributed by atoms with Crippen LogP contribution in [0.25, 0.3) is 0 Å². The summed E-state index contributed by atoms with van der Waals surface area (Å²) in [6.45, 7) is 1.18. The van der Waals surface area contributed by atoms with Crippen LogP contribution in [0.2, 0.25) is 0 Å². The minimum Gasteiger partial charge on any atom is -0.365 e. The van der Waals surface area contributed by atoms with Crippen LogP contribution in [0.4, 0.5) is 5.82 Å². The second-order valence-electron chi connectivity index (χ2n) is 4.88. The molecule has 6 heteroatoms. The maximum Gasteiger partial charge on any atom is 0.273 e. The fourth-order valence-electron chi connectivity index (χ4n) is 1.76. The highest BCUT2D eigenvalue weighted by Gasteiger charge is 2.09. The number of hydrogen-bond acceptors (Lipinski definition) is 5. The van der Waals surface area contributed by atoms with Crippen LogP contribution in [0.5, 0.6) is 0 Å². The number of nitrogens with two attached hydrogens (primary N) is 1. The standard InChI is InChI=1S/C15H19N5O/c1-20(2)15(21)13-7-8-14(19-18-13)17-10-12-5-3-11(9-16)4-6-12/h3-8H,9-10,16H2,1-2H3,(H,17,19). The normalized spacial score (nSPS) is 10.2. The Kier molecular flexibility index (Phi) is 4.84. The number of nitrogens with zero attached hydrogens (tertiary/aromatic N) is 3. The zero-order chi connectivity index (χ0) is 15.2. The summed E-state index contributed by atoms with van der Waals surface area (Å²) >= 11 is 0. The zero-order valence-corrected chi connectivity index (χ0v) is 12.2. The Morgan fingerprint density at radius 1 is 1.10 bits per heavy atom. The molecule has 2 rings (SSSR count). The van der Waals surface area contributed by atoms with Crippen molar-refractivity contribution in [3.63, 3.8) is 0 Å². The minimum atomic E-state index is -0.161. The molecule has 110 valence electrons. The number of nitrogens with one attached hydrogen (secondary N) is 1. The summed E-state index contributed by atoms with van der Waals surface area (Å²) in [5.41, 5.74) is 8.12. The summed E-state index contributed by atoms with van der Waals surface area (Å²) in [5.74, 6) is 0.472. The average molecular weight is 285 g/mol. The Labute approximate surface area is 124 Å². The van der Waals surface area contributed by atoms with Crippen molar-refractivity contribution >= 4 is 11.7 Å². The molecule has 1 heterocycles. The molecule has 21 heavy (non-hydrogen) atoms. The van der Waals surface area contributed by atoms with E-state index in [9.17, 15) is 4.79 Å². The van der Waals surface area contributed by atoms with Gasteiger partial charge in [0.15, 0.2) is 5.69 Å². The van der Waals surface area contributed by atoms with Gasteiger partial charge in [-0.2, -0.15) is 0 Å². The van der Waals surface area contributed by atoms with Crippen molar-refractivity contribution in [3.8, 4) is 0 Å². The van der Waals surface area contributed by atoms with Crippen LogP contribution >= 0.6 is 0 Å². The predicted octanol–water partition coefficient (Wildman–Crippen LogP) is 1.25. The molecular weight excluding hydrogens is 266 g/mol. The lowest BCUT2D eigenvalue weighted by molar-refractivity contribution is 0.0821. The van der Waals surface area contributed by atoms with Gasteiger partial charge in [0.05, 0.1) is 0 Å². The van der Waals surface area contributed by atoms with Gasteiger partial charge >= 0.3 is 0 Å². The highest BCUT2D eigenvalue weighted by molar-refractivity contribution is 5.91. The Balaban J connectivity index is 1.95. The average Bonchev–Trinajstić information content (AvgIpc) is 2.53. The number of anilines is 1. The van der Waals surface area contributed by atoms with Crippen molar-refractivity contribution in [2.45, 2.75) is 13.1 Å². The van der Waals surface area contributed by atoms with Gasteiger partial charge < -0.3 is 16.0 Å². The maximum absolute atomic E-state index is 11.7. The zero-order valence-electron chi connectivity index (χ0n) is 12.2. The molecule has 0 fully saturated rings. The summed E-state index contributed by atoms with van der Waals surface area (Å²) in [7, 11) is 3.36. The van der Waals surface area contributed by atoms with Crippen LogP contribution in [0.3, 0.4) is 0 Å². The fourth-order valence-corrected chi connectivity index (χ4v) is 1.76. The molecule has 0 saturated carbocycles. The molecule has 0 aliphatic heterocycles. The van der Waals surface area contributed by atoms with Crippen molar-refractivity contribution < 1.29 is 4.79 Å². The lowest BCUT2D eigenvalue weighted by Crippen LogP contribution is -2.23. The first-order valence-corrected chi connectivity index (χ1v) is 6.67. The third-order valence-electron chi connectivity index (χ3n) is 3.02. The first kappa shape index (κ1) is 14.9. The van der Waals surface area contributed by atoms with E-state index in [1.54, 1.807) is 26.2 Å². The van der Waals surface area contributed by atoms with Crippen LogP contribution in [-0.4, -0.2) is 35.1 Å². The molecular formula is C15H19N5O. The number of hydrogen-bond donors (Lipinski definition) is 2. The van der Waals surface area contributed by atoms with E-state index < -0.39 is 0 Å². The quantitative estimate of drug-likeness (QED) is 0.863. The molecule has 0 unspecified atom stereocenters. The van der Waals surface area contributed by atoms with Crippen molar-refractivity contribution in [2.24, 2.45) is 5.73 Å². The summed E-state index contributed by atoms with van der Waals surface area (Å²) in [4.78, 5) is 13.2. The first-order chi connectivity index (χ1) is 10.1. The smallest absolute Gasteiger partial charge is 0.273 e. The van der Waals surface area contributed by atoms with Gasteiger partial charge in [0.2, 0.25) is 0 Å². The molecule has 0 aliphatic rings. The number of carbonyl (C=O) groups is 1. The van der Waals surface area contributed by atoms with Gasteiger partial charge in [0.1, 0.15) is 5.82 Å². The molecule has 1 amide bonds. The first-order valence-electron chi connectivity index (χ1n) is 6.67. The Morgan fingerprint density at radius 2 is 1.76 bits per heavy atom. The second kappa shape index (κ2) is 6.81. The van der Waals surface area contributed by atoms with Crippen LogP contribution in [0, 0.1) is 0 Å². The van der Waals surface area contributed by atoms with Gasteiger partial charge in [0.25, 0.3) is 5.91 Å². The number of aromatic nitrogens is 2. The Hall–Kier alpha value is -2.47. The molecule has 0 radical (unpaired) electrons. The lowest BCUT2D eigenvalue weighted by Gasteiger charge is -2.09. The molecule has 1 aromatic heterocycles. The van der Waals surface area contributed by atoms with Crippen LogP contribution in [-0.2, 0) is 13.1 Å². The molecule has 0 spiro atoms. The van der Waals surface area contributed by atoms with Gasteiger partial charge in [-0.15, -0.1) is 10.2 Å². The van der Waals surface area contributed by atoms with E-state index >= 15 is 0 Å². The highest BCUT2D eigenvalue weighted by Crippen LogP contribution is 2.08. The number of amides is 1. The van der Waals surface area contributed by atoms with Gasteiger partial charge in [-0.3, -0.25) is 4.79 Å². The van der Waals surface area contributed by atoms with Crippen LogP contribution < -0.4 is 11.1 Å². The van der Waals surface area contributed by atoms with Gasteiger partial charge in [-0.25, -0.2) is 0 Å². The van der Waals surface area contributed by atoms with Crippen molar-refractivity contribution in [2.75, 3.05) is 19.4 Å². The van der Waals surface area contributed by atoms with Crippen molar-refractivity contribution in [1.29, 1.82) is 0 Å². The highest BCUT2D eigenvalue weighted by atomic mass is 16.2. The van der Waals surface area contributed by atoms with E-state index in [1.165, 1.54) is 4.90 Å². The van der Waals surface area contributed by atoms with E-state index in [-0.39, 0.29) is 5.91 Å². The van der Waals surface area contributed by atoms with E-state index in [1.807, 2.05) is 24.3 Å². The molecule has 0 aliphatic carbocycles. The lowest BCUT2D eigenvalue weighted by atomic mass is 10.1. The molecule has 0 saturated heterocycles. The third kappa shape index (κ3) is 4.00. The summed E-state index contributed by atoms with van der Waals surface area (Å²) in [5, 5.41) is 11.1. The topological polar surface area (TPSA) is 84.1 Å². The second-order valence-corrected chi connectivity index (χ2v) is 4.88. The minimum absolute atomic E-state index is 0.161. The monoisotopic (exact) mass is 285 g/mol. The van der Waals surface area contributed by atoms with E-state index in [0.29, 0.717) is 24.6 Å². The molecule has 2 aromatic rings. The number of rotatable bonds is 5. The fraction of sp³-hybridized carbons (Fsp3) is 0.267. The van der Waals surface area contributed by atoms with Crippen LogP contribution in [0.1, 0.15) is 21.6 Å².